The first-order valence-electron chi connectivity index (χ1n) is 5.31. The minimum atomic E-state index is -0.453. The molecule has 0 aromatic heterocycles. The Bertz CT molecular complexity index is 542. The summed E-state index contributed by atoms with van der Waals surface area (Å²) in [6, 6.07) is 7.17. The zero-order chi connectivity index (χ0) is 13.0. The summed E-state index contributed by atoms with van der Waals surface area (Å²) >= 11 is 0. The van der Waals surface area contributed by atoms with Gasteiger partial charge in [-0.25, -0.2) is 4.79 Å². The molecule has 0 radical (unpaired) electrons. The summed E-state index contributed by atoms with van der Waals surface area (Å²) in [5, 5.41) is 8.95. The molecule has 1 aliphatic heterocycles. The quantitative estimate of drug-likeness (QED) is 0.755. The zero-order valence-corrected chi connectivity index (χ0v) is 9.80. The smallest absolute Gasteiger partial charge is 0.343 e. The summed E-state index contributed by atoms with van der Waals surface area (Å²) in [5.74, 6) is 0.626. The lowest BCUT2D eigenvalue weighted by atomic mass is 10.0. The number of nitrogens with zero attached hydrogens (tertiary/aromatic N) is 1. The Morgan fingerprint density at radius 2 is 2.39 bits per heavy atom. The molecule has 0 spiro atoms. The summed E-state index contributed by atoms with van der Waals surface area (Å²) < 4.78 is 15.1. The van der Waals surface area contributed by atoms with Crippen LogP contribution in [0, 0.1) is 11.3 Å². The average Bonchev–Trinajstić information content (AvgIpc) is 2.43. The first kappa shape index (κ1) is 12.0. The van der Waals surface area contributed by atoms with E-state index in [0.717, 1.165) is 5.56 Å². The largest absolute Gasteiger partial charge is 0.489 e. The van der Waals surface area contributed by atoms with Crippen molar-refractivity contribution >= 4 is 11.5 Å². The van der Waals surface area contributed by atoms with Gasteiger partial charge in [0.25, 0.3) is 0 Å². The monoisotopic (exact) mass is 245 g/mol. The van der Waals surface area contributed by atoms with Gasteiger partial charge in [0.1, 0.15) is 18.1 Å². The number of benzene rings is 1. The predicted molar refractivity (Wildman–Crippen MR) is 63.0 cm³/mol. The molecule has 1 aromatic carbocycles. The van der Waals surface area contributed by atoms with Crippen LogP contribution in [0.2, 0.25) is 0 Å². The second kappa shape index (κ2) is 5.23. The van der Waals surface area contributed by atoms with E-state index >= 15 is 0 Å². The Labute approximate surface area is 104 Å². The van der Waals surface area contributed by atoms with Crippen molar-refractivity contribution in [3.63, 3.8) is 0 Å². The number of esters is 1. The van der Waals surface area contributed by atoms with Gasteiger partial charge in [-0.3, -0.25) is 0 Å². The maximum Gasteiger partial charge on any atom is 0.343 e. The number of carbonyl (C=O) groups is 1. The molecule has 0 saturated heterocycles. The lowest BCUT2D eigenvalue weighted by molar-refractivity contribution is -0.142. The Morgan fingerprint density at radius 3 is 3.11 bits per heavy atom. The van der Waals surface area contributed by atoms with E-state index < -0.39 is 5.97 Å². The third kappa shape index (κ3) is 2.43. The number of carbonyl (C=O) groups excluding carboxylic acids is 1. The predicted octanol–water partition coefficient (Wildman–Crippen LogP) is 1.54. The number of hydrogen-bond donors (Lipinski definition) is 0. The van der Waals surface area contributed by atoms with E-state index in [2.05, 4.69) is 10.8 Å². The molecule has 1 heterocycles. The molecule has 0 unspecified atom stereocenters. The Hall–Kier alpha value is -2.48. The van der Waals surface area contributed by atoms with Crippen LogP contribution < -0.4 is 9.47 Å². The molecule has 2 rings (SSSR count). The lowest BCUT2D eigenvalue weighted by Crippen LogP contribution is -2.13. The van der Waals surface area contributed by atoms with E-state index in [0.29, 0.717) is 23.7 Å². The first-order valence-corrected chi connectivity index (χ1v) is 5.31. The fourth-order valence-electron chi connectivity index (χ4n) is 1.57. The Kier molecular flexibility index (Phi) is 3.49. The van der Waals surface area contributed by atoms with E-state index in [1.165, 1.54) is 7.11 Å². The molecule has 1 aliphatic rings. The van der Waals surface area contributed by atoms with Crippen molar-refractivity contribution < 1.29 is 19.0 Å². The van der Waals surface area contributed by atoms with Crippen molar-refractivity contribution in [2.45, 2.75) is 0 Å². The van der Waals surface area contributed by atoms with Crippen LogP contribution >= 0.6 is 0 Å². The second-order valence-electron chi connectivity index (χ2n) is 3.56. The summed E-state index contributed by atoms with van der Waals surface area (Å²) in [4.78, 5) is 10.9. The molecule has 5 heteroatoms. The van der Waals surface area contributed by atoms with E-state index in [4.69, 9.17) is 14.7 Å². The molecule has 0 fully saturated rings. The van der Waals surface area contributed by atoms with Crippen LogP contribution in [0.4, 0.5) is 0 Å². The van der Waals surface area contributed by atoms with E-state index in [1.807, 2.05) is 0 Å². The highest BCUT2D eigenvalue weighted by Gasteiger charge is 2.14. The van der Waals surface area contributed by atoms with Crippen LogP contribution in [0.5, 0.6) is 11.5 Å². The number of ether oxygens (including phenoxy) is 3. The fraction of sp³-hybridized carbons (Fsp3) is 0.231. The maximum absolute atomic E-state index is 10.9. The van der Waals surface area contributed by atoms with E-state index in [1.54, 1.807) is 24.3 Å². The van der Waals surface area contributed by atoms with Crippen molar-refractivity contribution in [1.29, 1.82) is 5.26 Å². The van der Waals surface area contributed by atoms with Gasteiger partial charge in [0.05, 0.1) is 18.8 Å². The third-order valence-electron chi connectivity index (χ3n) is 2.47. The molecule has 0 saturated carbocycles. The molecule has 0 amide bonds. The molecule has 1 aromatic rings. The Morgan fingerprint density at radius 1 is 1.56 bits per heavy atom. The molecule has 92 valence electrons. The van der Waals surface area contributed by atoms with Crippen molar-refractivity contribution in [2.24, 2.45) is 0 Å². The Balaban J connectivity index is 2.16. The van der Waals surface area contributed by atoms with Crippen LogP contribution in [-0.4, -0.2) is 26.3 Å². The fourth-order valence-corrected chi connectivity index (χ4v) is 1.57. The van der Waals surface area contributed by atoms with Gasteiger partial charge in [0.2, 0.25) is 0 Å². The summed E-state index contributed by atoms with van der Waals surface area (Å²) in [7, 11) is 1.30. The molecule has 0 N–H and O–H groups in total. The highest BCUT2D eigenvalue weighted by atomic mass is 16.6. The van der Waals surface area contributed by atoms with Gasteiger partial charge in [-0.05, 0) is 18.2 Å². The summed E-state index contributed by atoms with van der Waals surface area (Å²) in [6.07, 6.45) is 1.72. The van der Waals surface area contributed by atoms with Gasteiger partial charge in [-0.15, -0.1) is 0 Å². The van der Waals surface area contributed by atoms with Gasteiger partial charge in [-0.1, -0.05) is 0 Å². The minimum absolute atomic E-state index is 0.157. The maximum atomic E-state index is 10.9. The average molecular weight is 245 g/mol. The van der Waals surface area contributed by atoms with E-state index in [-0.39, 0.29) is 6.61 Å². The number of rotatable bonds is 3. The van der Waals surface area contributed by atoms with Gasteiger partial charge < -0.3 is 14.2 Å². The topological polar surface area (TPSA) is 68.6 Å². The molecule has 0 bridgehead atoms. The number of nitriles is 1. The SMILES string of the molecule is COC(=O)COc1ccc2c(c1)OCC=C2C#N. The molecular weight excluding hydrogens is 234 g/mol. The zero-order valence-electron chi connectivity index (χ0n) is 9.80. The van der Waals surface area contributed by atoms with Crippen LogP contribution in [0.25, 0.3) is 5.57 Å². The molecule has 0 atom stereocenters. The third-order valence-corrected chi connectivity index (χ3v) is 2.47. The minimum Gasteiger partial charge on any atom is -0.489 e. The van der Waals surface area contributed by atoms with Crippen molar-refractivity contribution in [3.05, 3.63) is 29.8 Å². The number of hydrogen-bond acceptors (Lipinski definition) is 5. The normalized spacial score (nSPS) is 12.6. The van der Waals surface area contributed by atoms with Gasteiger partial charge >= 0.3 is 5.97 Å². The summed E-state index contributed by atoms with van der Waals surface area (Å²) in [6.45, 7) is 0.201. The van der Waals surface area contributed by atoms with E-state index in [9.17, 15) is 4.79 Å². The molecule has 0 aliphatic carbocycles. The van der Waals surface area contributed by atoms with Crippen molar-refractivity contribution in [1.82, 2.24) is 0 Å². The van der Waals surface area contributed by atoms with Crippen LogP contribution in [-0.2, 0) is 9.53 Å². The highest BCUT2D eigenvalue weighted by molar-refractivity contribution is 5.81. The lowest BCUT2D eigenvalue weighted by Gasteiger charge is -2.16. The number of allylic oxidation sites excluding steroid dienone is 1. The van der Waals surface area contributed by atoms with Gasteiger partial charge in [-0.2, -0.15) is 5.26 Å². The molecule has 18 heavy (non-hydrogen) atoms. The molecular formula is C13H11NO4. The number of methoxy groups -OCH3 is 1. The standard InChI is InChI=1S/C13H11NO4/c1-16-13(15)8-18-10-2-3-11-9(7-14)4-5-17-12(11)6-10/h2-4,6H,5,8H2,1H3. The van der Waals surface area contributed by atoms with Crippen molar-refractivity contribution in [2.75, 3.05) is 20.3 Å². The second-order valence-corrected chi connectivity index (χ2v) is 3.56. The number of fused-ring (bicyclic) bond motifs is 1. The highest BCUT2D eigenvalue weighted by Crippen LogP contribution is 2.32. The van der Waals surface area contributed by atoms with Gasteiger partial charge in [0, 0.05) is 11.6 Å². The first-order chi connectivity index (χ1) is 8.74. The van der Waals surface area contributed by atoms with Crippen LogP contribution in [0.15, 0.2) is 24.3 Å². The van der Waals surface area contributed by atoms with Gasteiger partial charge in [0.15, 0.2) is 6.61 Å². The summed E-state index contributed by atoms with van der Waals surface area (Å²) in [5.41, 5.74) is 1.31. The molecule has 5 nitrogen and oxygen atoms in total. The van der Waals surface area contributed by atoms with Crippen LogP contribution in [0.3, 0.4) is 0 Å². The van der Waals surface area contributed by atoms with Crippen molar-refractivity contribution in [3.8, 4) is 17.6 Å². The van der Waals surface area contributed by atoms with Crippen LogP contribution in [0.1, 0.15) is 5.56 Å².